The molecular formula is C10H7F5INO2. The van der Waals surface area contributed by atoms with E-state index in [9.17, 15) is 26.7 Å². The molecule has 0 N–H and O–H groups in total. The van der Waals surface area contributed by atoms with Gasteiger partial charge in [-0.15, -0.1) is 0 Å². The summed E-state index contributed by atoms with van der Waals surface area (Å²) < 4.78 is 67.9. The summed E-state index contributed by atoms with van der Waals surface area (Å²) in [6.45, 7) is 0. The van der Waals surface area contributed by atoms with Crippen LogP contribution in [0.4, 0.5) is 22.0 Å². The van der Waals surface area contributed by atoms with Crippen LogP contribution in [0, 0.1) is 3.70 Å². The van der Waals surface area contributed by atoms with Gasteiger partial charge in [-0.3, -0.25) is 4.79 Å². The number of rotatable bonds is 3. The summed E-state index contributed by atoms with van der Waals surface area (Å²) in [6.07, 6.45) is -8.68. The standard InChI is InChI=1S/C10H7F5INO2/c1-19-6(18)2-4-7(8(11)12)5(10(13,14)15)3-17-9(4)16/h3,8H,2H2,1H3. The van der Waals surface area contributed by atoms with E-state index in [1.165, 1.54) is 22.6 Å². The van der Waals surface area contributed by atoms with Crippen molar-refractivity contribution in [3.8, 4) is 0 Å². The number of alkyl halides is 5. The number of halogens is 6. The molecule has 0 amide bonds. The first-order chi connectivity index (χ1) is 8.68. The van der Waals surface area contributed by atoms with Crippen LogP contribution in [0.1, 0.15) is 23.1 Å². The lowest BCUT2D eigenvalue weighted by Crippen LogP contribution is -2.17. The van der Waals surface area contributed by atoms with Gasteiger partial charge in [0.1, 0.15) is 3.70 Å². The maximum Gasteiger partial charge on any atom is 0.418 e. The van der Waals surface area contributed by atoms with Gasteiger partial charge in [-0.2, -0.15) is 13.2 Å². The molecule has 9 heteroatoms. The number of methoxy groups -OCH3 is 1. The quantitative estimate of drug-likeness (QED) is 0.341. The van der Waals surface area contributed by atoms with E-state index < -0.39 is 41.7 Å². The summed E-state index contributed by atoms with van der Waals surface area (Å²) in [4.78, 5) is 14.5. The van der Waals surface area contributed by atoms with Crippen LogP contribution >= 0.6 is 22.6 Å². The first-order valence-electron chi connectivity index (χ1n) is 4.78. The second-order valence-electron chi connectivity index (χ2n) is 3.41. The second-order valence-corrected chi connectivity index (χ2v) is 4.43. The summed E-state index contributed by atoms with van der Waals surface area (Å²) in [5.74, 6) is -0.916. The summed E-state index contributed by atoms with van der Waals surface area (Å²) in [5.41, 5.74) is -3.23. The van der Waals surface area contributed by atoms with Crippen molar-refractivity contribution >= 4 is 28.6 Å². The van der Waals surface area contributed by atoms with Crippen molar-refractivity contribution in [3.63, 3.8) is 0 Å². The zero-order chi connectivity index (χ0) is 14.8. The molecule has 0 aliphatic heterocycles. The molecule has 0 fully saturated rings. The molecule has 0 atom stereocenters. The number of hydrogen-bond donors (Lipinski definition) is 0. The molecule has 0 spiro atoms. The second kappa shape index (κ2) is 5.97. The minimum atomic E-state index is -4.96. The Bertz CT molecular complexity index is 490. The SMILES string of the molecule is COC(=O)Cc1c(I)ncc(C(F)(F)F)c1C(F)F. The molecular weight excluding hydrogens is 388 g/mol. The van der Waals surface area contributed by atoms with Crippen molar-refractivity contribution in [2.45, 2.75) is 19.0 Å². The molecule has 0 aliphatic carbocycles. The lowest BCUT2D eigenvalue weighted by molar-refractivity contribution is -0.141. The van der Waals surface area contributed by atoms with E-state index >= 15 is 0 Å². The van der Waals surface area contributed by atoms with Gasteiger partial charge in [-0.25, -0.2) is 13.8 Å². The van der Waals surface area contributed by atoms with Crippen molar-refractivity contribution in [2.75, 3.05) is 7.11 Å². The topological polar surface area (TPSA) is 39.2 Å². The average molecular weight is 395 g/mol. The largest absolute Gasteiger partial charge is 0.469 e. The first kappa shape index (κ1) is 16.1. The molecule has 0 saturated heterocycles. The zero-order valence-corrected chi connectivity index (χ0v) is 11.6. The van der Waals surface area contributed by atoms with Gasteiger partial charge >= 0.3 is 12.1 Å². The zero-order valence-electron chi connectivity index (χ0n) is 9.39. The molecule has 1 heterocycles. The van der Waals surface area contributed by atoms with Crippen LogP contribution in [0.3, 0.4) is 0 Å². The van der Waals surface area contributed by atoms with E-state index in [1.807, 2.05) is 0 Å². The molecule has 1 aromatic rings. The Morgan fingerprint density at radius 3 is 2.47 bits per heavy atom. The van der Waals surface area contributed by atoms with E-state index in [1.54, 1.807) is 0 Å². The van der Waals surface area contributed by atoms with Gasteiger partial charge in [0.15, 0.2) is 0 Å². The Balaban J connectivity index is 3.46. The molecule has 0 aromatic carbocycles. The molecule has 1 rings (SSSR count). The van der Waals surface area contributed by atoms with Crippen LogP contribution in [0.15, 0.2) is 6.20 Å². The summed E-state index contributed by atoms with van der Waals surface area (Å²) in [6, 6.07) is 0. The van der Waals surface area contributed by atoms with Gasteiger partial charge < -0.3 is 4.74 Å². The monoisotopic (exact) mass is 395 g/mol. The molecule has 0 bridgehead atoms. The third-order valence-corrected chi connectivity index (χ3v) is 3.17. The van der Waals surface area contributed by atoms with Crippen LogP contribution < -0.4 is 0 Å². The minimum Gasteiger partial charge on any atom is -0.469 e. The molecule has 19 heavy (non-hydrogen) atoms. The predicted octanol–water partition coefficient (Wildman–Crippen LogP) is 3.36. The summed E-state index contributed by atoms with van der Waals surface area (Å²) in [5, 5.41) is 0. The van der Waals surface area contributed by atoms with Gasteiger partial charge in [-0.05, 0) is 22.6 Å². The highest BCUT2D eigenvalue weighted by Crippen LogP contribution is 2.38. The van der Waals surface area contributed by atoms with E-state index in [2.05, 4.69) is 9.72 Å². The molecule has 0 aliphatic rings. The van der Waals surface area contributed by atoms with Crippen LogP contribution in [-0.2, 0) is 22.1 Å². The number of nitrogens with zero attached hydrogens (tertiary/aromatic N) is 1. The number of hydrogen-bond acceptors (Lipinski definition) is 3. The Morgan fingerprint density at radius 1 is 1.47 bits per heavy atom. The van der Waals surface area contributed by atoms with Crippen LogP contribution in [-0.4, -0.2) is 18.1 Å². The van der Waals surface area contributed by atoms with E-state index in [0.29, 0.717) is 6.20 Å². The van der Waals surface area contributed by atoms with E-state index in [-0.39, 0.29) is 3.70 Å². The summed E-state index contributed by atoms with van der Waals surface area (Å²) >= 11 is 1.49. The Morgan fingerprint density at radius 2 is 2.05 bits per heavy atom. The van der Waals surface area contributed by atoms with E-state index in [0.717, 1.165) is 7.11 Å². The highest BCUT2D eigenvalue weighted by Gasteiger charge is 2.38. The Hall–Kier alpha value is -1.00. The minimum absolute atomic E-state index is 0.0914. The third-order valence-electron chi connectivity index (χ3n) is 2.24. The van der Waals surface area contributed by atoms with Crippen LogP contribution in [0.5, 0.6) is 0 Å². The fraction of sp³-hybridized carbons (Fsp3) is 0.400. The predicted molar refractivity (Wildman–Crippen MR) is 62.6 cm³/mol. The van der Waals surface area contributed by atoms with Gasteiger partial charge in [0.05, 0.1) is 19.1 Å². The van der Waals surface area contributed by atoms with Crippen molar-refractivity contribution < 1.29 is 31.5 Å². The maximum atomic E-state index is 12.9. The molecule has 0 radical (unpaired) electrons. The first-order valence-corrected chi connectivity index (χ1v) is 5.85. The van der Waals surface area contributed by atoms with Gasteiger partial charge in [0.25, 0.3) is 6.43 Å². The van der Waals surface area contributed by atoms with Crippen molar-refractivity contribution in [1.29, 1.82) is 0 Å². The molecule has 106 valence electrons. The van der Waals surface area contributed by atoms with Crippen molar-refractivity contribution in [1.82, 2.24) is 4.98 Å². The fourth-order valence-corrected chi connectivity index (χ4v) is 2.02. The normalized spacial score (nSPS) is 11.8. The molecule has 0 unspecified atom stereocenters. The highest BCUT2D eigenvalue weighted by molar-refractivity contribution is 14.1. The lowest BCUT2D eigenvalue weighted by atomic mass is 10.0. The van der Waals surface area contributed by atoms with Gasteiger partial charge in [-0.1, -0.05) is 0 Å². The van der Waals surface area contributed by atoms with Crippen LogP contribution in [0.2, 0.25) is 0 Å². The number of ether oxygens (including phenoxy) is 1. The van der Waals surface area contributed by atoms with E-state index in [4.69, 9.17) is 0 Å². The number of carbonyl (C=O) groups is 1. The number of carbonyl (C=O) groups excluding carboxylic acids is 1. The molecule has 1 aromatic heterocycles. The van der Waals surface area contributed by atoms with Gasteiger partial charge in [0, 0.05) is 17.3 Å². The lowest BCUT2D eigenvalue weighted by Gasteiger charge is -2.16. The van der Waals surface area contributed by atoms with Crippen molar-refractivity contribution in [3.05, 3.63) is 26.6 Å². The fourth-order valence-electron chi connectivity index (χ4n) is 1.40. The third kappa shape index (κ3) is 3.74. The molecule has 0 saturated carbocycles. The Labute approximate surface area is 118 Å². The highest BCUT2D eigenvalue weighted by atomic mass is 127. The molecule has 3 nitrogen and oxygen atoms in total. The number of aromatic nitrogens is 1. The maximum absolute atomic E-state index is 12.9. The smallest absolute Gasteiger partial charge is 0.418 e. The van der Waals surface area contributed by atoms with Crippen LogP contribution in [0.25, 0.3) is 0 Å². The van der Waals surface area contributed by atoms with Gasteiger partial charge in [0.2, 0.25) is 0 Å². The Kier molecular flexibility index (Phi) is 5.04. The number of esters is 1. The average Bonchev–Trinajstić information content (AvgIpc) is 2.29. The number of pyridine rings is 1. The summed E-state index contributed by atoms with van der Waals surface area (Å²) in [7, 11) is 1.01. The van der Waals surface area contributed by atoms with Crippen molar-refractivity contribution in [2.24, 2.45) is 0 Å².